The van der Waals surface area contributed by atoms with Crippen LogP contribution in [0.2, 0.25) is 0 Å². The lowest BCUT2D eigenvalue weighted by Crippen LogP contribution is -2.22. The molecule has 2 aromatic heterocycles. The molecule has 0 aromatic carbocycles. The first-order valence-electron chi connectivity index (χ1n) is 5.03. The van der Waals surface area contributed by atoms with Crippen molar-refractivity contribution in [2.45, 2.75) is 18.4 Å². The molecular weight excluding hydrogens is 190 g/mol. The third-order valence-corrected chi connectivity index (χ3v) is 2.97. The van der Waals surface area contributed by atoms with E-state index in [0.717, 1.165) is 29.9 Å². The van der Waals surface area contributed by atoms with E-state index in [1.54, 1.807) is 7.11 Å². The molecule has 1 fully saturated rings. The van der Waals surface area contributed by atoms with E-state index in [4.69, 9.17) is 10.5 Å². The number of fused-ring (bicyclic) bond motifs is 1. The molecule has 0 saturated heterocycles. The molecule has 4 nitrogen and oxygen atoms in total. The van der Waals surface area contributed by atoms with Crippen LogP contribution in [0.5, 0.6) is 5.75 Å². The van der Waals surface area contributed by atoms with E-state index in [9.17, 15) is 0 Å². The highest BCUT2D eigenvalue weighted by atomic mass is 16.5. The van der Waals surface area contributed by atoms with Crippen LogP contribution in [0.3, 0.4) is 0 Å². The topological polar surface area (TPSA) is 52.5 Å². The van der Waals surface area contributed by atoms with Crippen molar-refractivity contribution in [3.05, 3.63) is 30.4 Å². The highest BCUT2D eigenvalue weighted by molar-refractivity contribution is 5.51. The fraction of sp³-hybridized carbons (Fsp3) is 0.364. The van der Waals surface area contributed by atoms with Crippen LogP contribution in [0.1, 0.15) is 18.7 Å². The monoisotopic (exact) mass is 203 g/mol. The number of imidazole rings is 1. The normalized spacial score (nSPS) is 18.0. The number of pyridine rings is 1. The quantitative estimate of drug-likeness (QED) is 0.800. The Hall–Kier alpha value is -1.55. The Morgan fingerprint density at radius 3 is 3.00 bits per heavy atom. The standard InChI is InChI=1S/C11H13N3O/c1-15-9-2-5-14-8(6-9)7-13-10(14)11(12)3-4-11/h2,5-7H,3-4,12H2,1H3. The SMILES string of the molecule is COc1ccn2c(C3(N)CC3)ncc2c1. The fourth-order valence-corrected chi connectivity index (χ4v) is 1.83. The average molecular weight is 203 g/mol. The predicted molar refractivity (Wildman–Crippen MR) is 56.8 cm³/mol. The third-order valence-electron chi connectivity index (χ3n) is 2.97. The van der Waals surface area contributed by atoms with Crippen molar-refractivity contribution in [2.75, 3.05) is 7.11 Å². The number of rotatable bonds is 2. The lowest BCUT2D eigenvalue weighted by molar-refractivity contribution is 0.414. The lowest BCUT2D eigenvalue weighted by atomic mass is 10.3. The van der Waals surface area contributed by atoms with Crippen molar-refractivity contribution >= 4 is 5.52 Å². The molecule has 4 heteroatoms. The van der Waals surface area contributed by atoms with Crippen molar-refractivity contribution in [3.63, 3.8) is 0 Å². The lowest BCUT2D eigenvalue weighted by Gasteiger charge is -2.07. The highest BCUT2D eigenvalue weighted by Crippen LogP contribution is 2.42. The molecule has 2 N–H and O–H groups in total. The van der Waals surface area contributed by atoms with Gasteiger partial charge in [-0.3, -0.25) is 0 Å². The van der Waals surface area contributed by atoms with Gasteiger partial charge in [0.05, 0.1) is 24.4 Å². The molecule has 0 radical (unpaired) electrons. The van der Waals surface area contributed by atoms with E-state index in [0.29, 0.717) is 0 Å². The summed E-state index contributed by atoms with van der Waals surface area (Å²) in [6.45, 7) is 0. The van der Waals surface area contributed by atoms with Gasteiger partial charge in [-0.1, -0.05) is 0 Å². The van der Waals surface area contributed by atoms with E-state index in [2.05, 4.69) is 4.98 Å². The maximum atomic E-state index is 6.13. The third kappa shape index (κ3) is 1.22. The fourth-order valence-electron chi connectivity index (χ4n) is 1.83. The summed E-state index contributed by atoms with van der Waals surface area (Å²) in [5.74, 6) is 1.80. The minimum absolute atomic E-state index is 0.193. The number of aromatic nitrogens is 2. The number of nitrogens with zero attached hydrogens (tertiary/aromatic N) is 2. The van der Waals surface area contributed by atoms with E-state index >= 15 is 0 Å². The first-order chi connectivity index (χ1) is 7.23. The van der Waals surface area contributed by atoms with E-state index in [1.165, 1.54) is 0 Å². The molecule has 0 unspecified atom stereocenters. The van der Waals surface area contributed by atoms with Crippen LogP contribution in [0.4, 0.5) is 0 Å². The van der Waals surface area contributed by atoms with Crippen molar-refractivity contribution in [3.8, 4) is 5.75 Å². The minimum Gasteiger partial charge on any atom is -0.497 e. The van der Waals surface area contributed by atoms with E-state index in [1.807, 2.05) is 28.9 Å². The second kappa shape index (κ2) is 2.73. The van der Waals surface area contributed by atoms with Gasteiger partial charge in [-0.15, -0.1) is 0 Å². The molecule has 2 aromatic rings. The summed E-state index contributed by atoms with van der Waals surface area (Å²) in [6, 6.07) is 3.88. The zero-order chi connectivity index (χ0) is 10.5. The average Bonchev–Trinajstić information content (AvgIpc) is 2.86. The molecule has 0 spiro atoms. The van der Waals surface area contributed by atoms with Crippen LogP contribution in [-0.2, 0) is 5.54 Å². The zero-order valence-electron chi connectivity index (χ0n) is 8.60. The summed E-state index contributed by atoms with van der Waals surface area (Å²) in [5.41, 5.74) is 6.97. The Balaban J connectivity index is 2.18. The Morgan fingerprint density at radius 1 is 1.53 bits per heavy atom. The molecule has 0 bridgehead atoms. The van der Waals surface area contributed by atoms with Crippen molar-refractivity contribution in [2.24, 2.45) is 5.73 Å². The van der Waals surface area contributed by atoms with Gasteiger partial charge in [-0.25, -0.2) is 4.98 Å². The van der Waals surface area contributed by atoms with Crippen molar-refractivity contribution in [1.29, 1.82) is 0 Å². The number of hydrogen-bond donors (Lipinski definition) is 1. The van der Waals surface area contributed by atoms with Gasteiger partial charge < -0.3 is 14.9 Å². The van der Waals surface area contributed by atoms with Gasteiger partial charge in [-0.05, 0) is 18.9 Å². The van der Waals surface area contributed by atoms with Crippen molar-refractivity contribution < 1.29 is 4.74 Å². The molecule has 1 aliphatic carbocycles. The maximum absolute atomic E-state index is 6.13. The molecular formula is C11H13N3O. The predicted octanol–water partition coefficient (Wildman–Crippen LogP) is 1.29. The molecule has 1 saturated carbocycles. The Labute approximate surface area is 87.7 Å². The second-order valence-electron chi connectivity index (χ2n) is 4.10. The van der Waals surface area contributed by atoms with Crippen molar-refractivity contribution in [1.82, 2.24) is 9.38 Å². The first-order valence-corrected chi connectivity index (χ1v) is 5.03. The highest BCUT2D eigenvalue weighted by Gasteiger charge is 2.43. The molecule has 0 atom stereocenters. The maximum Gasteiger partial charge on any atom is 0.133 e. The molecule has 2 heterocycles. The second-order valence-corrected chi connectivity index (χ2v) is 4.10. The Morgan fingerprint density at radius 2 is 2.33 bits per heavy atom. The van der Waals surface area contributed by atoms with Gasteiger partial charge in [0.2, 0.25) is 0 Å². The summed E-state index contributed by atoms with van der Waals surface area (Å²) in [4.78, 5) is 4.39. The van der Waals surface area contributed by atoms with Crippen LogP contribution in [-0.4, -0.2) is 16.5 Å². The summed E-state index contributed by atoms with van der Waals surface area (Å²) in [7, 11) is 1.66. The number of nitrogens with two attached hydrogens (primary N) is 1. The summed E-state index contributed by atoms with van der Waals surface area (Å²) in [6.07, 6.45) is 5.85. The summed E-state index contributed by atoms with van der Waals surface area (Å²) in [5, 5.41) is 0. The Kier molecular flexibility index (Phi) is 1.59. The van der Waals surface area contributed by atoms with Gasteiger partial charge in [0.15, 0.2) is 0 Å². The van der Waals surface area contributed by atoms with Gasteiger partial charge in [-0.2, -0.15) is 0 Å². The minimum atomic E-state index is -0.193. The Bertz CT molecular complexity index is 514. The van der Waals surface area contributed by atoms with Gasteiger partial charge in [0, 0.05) is 12.3 Å². The molecule has 3 rings (SSSR count). The van der Waals surface area contributed by atoms with Gasteiger partial charge >= 0.3 is 0 Å². The summed E-state index contributed by atoms with van der Waals surface area (Å²) >= 11 is 0. The molecule has 1 aliphatic rings. The van der Waals surface area contributed by atoms with E-state index < -0.39 is 0 Å². The molecule has 15 heavy (non-hydrogen) atoms. The van der Waals surface area contributed by atoms with Crippen LogP contribution in [0.15, 0.2) is 24.5 Å². The van der Waals surface area contributed by atoms with Gasteiger partial charge in [0.1, 0.15) is 11.6 Å². The molecule has 0 aliphatic heterocycles. The first kappa shape index (κ1) is 8.73. The smallest absolute Gasteiger partial charge is 0.133 e. The van der Waals surface area contributed by atoms with E-state index in [-0.39, 0.29) is 5.54 Å². The molecule has 78 valence electrons. The number of hydrogen-bond acceptors (Lipinski definition) is 3. The number of methoxy groups -OCH3 is 1. The van der Waals surface area contributed by atoms with Crippen LogP contribution in [0.25, 0.3) is 5.52 Å². The van der Waals surface area contributed by atoms with Crippen LogP contribution >= 0.6 is 0 Å². The molecule has 0 amide bonds. The van der Waals surface area contributed by atoms with Gasteiger partial charge in [0.25, 0.3) is 0 Å². The summed E-state index contributed by atoms with van der Waals surface area (Å²) < 4.78 is 7.20. The number of ether oxygens (including phenoxy) is 1. The van der Waals surface area contributed by atoms with Crippen LogP contribution < -0.4 is 10.5 Å². The van der Waals surface area contributed by atoms with Crippen LogP contribution in [0, 0.1) is 0 Å². The zero-order valence-corrected chi connectivity index (χ0v) is 8.60. The largest absolute Gasteiger partial charge is 0.497 e.